The maximum Gasteiger partial charge on any atom is 1.00 e. The fraction of sp³-hybridized carbons (Fsp3) is 0.222. The van der Waals surface area contributed by atoms with Crippen molar-refractivity contribution in [2.45, 2.75) is 11.8 Å². The van der Waals surface area contributed by atoms with Gasteiger partial charge in [-0.2, -0.15) is 0 Å². The fourth-order valence-corrected chi connectivity index (χ4v) is 1.72. The van der Waals surface area contributed by atoms with Gasteiger partial charge in [-0.25, -0.2) is 4.79 Å². The second-order valence-electron chi connectivity index (χ2n) is 2.23. The highest BCUT2D eigenvalue weighted by Crippen LogP contribution is 2.21. The third kappa shape index (κ3) is 2.01. The first-order valence-electron chi connectivity index (χ1n) is 3.70. The largest absolute Gasteiger partial charge is 1.00 e. The van der Waals surface area contributed by atoms with Crippen LogP contribution in [0.4, 0.5) is 0 Å². The molecule has 1 aromatic rings. The summed E-state index contributed by atoms with van der Waals surface area (Å²) in [6.07, 6.45) is 0. The Labute approximate surface area is 77.1 Å². The van der Waals surface area contributed by atoms with E-state index in [0.717, 1.165) is 10.6 Å². The molecule has 1 rings (SSSR count). The van der Waals surface area contributed by atoms with Gasteiger partial charge >= 0.3 is 7.40 Å². The van der Waals surface area contributed by atoms with E-state index >= 15 is 0 Å². The highest BCUT2D eigenvalue weighted by molar-refractivity contribution is 7.99. The molecule has 64 valence electrons. The summed E-state index contributed by atoms with van der Waals surface area (Å²) in [6, 6.07) is 7.05. The maximum absolute atomic E-state index is 10.7. The van der Waals surface area contributed by atoms with Gasteiger partial charge in [0.25, 0.3) is 0 Å². The molecule has 0 aliphatic carbocycles. The molecule has 0 unspecified atom stereocenters. The van der Waals surface area contributed by atoms with Crippen molar-refractivity contribution < 1.29 is 11.3 Å². The summed E-state index contributed by atoms with van der Waals surface area (Å²) in [5.41, 5.74) is 0.393. The molecule has 1 N–H and O–H groups in total. The van der Waals surface area contributed by atoms with E-state index in [1.807, 2.05) is 19.1 Å². The Morgan fingerprint density at radius 3 is 2.83 bits per heavy atom. The highest BCUT2D eigenvalue weighted by atomic mass is 32.2. The fourth-order valence-electron chi connectivity index (χ4n) is 0.925. The average Bonchev–Trinajstić information content (AvgIpc) is 2.05. The molecule has 0 aliphatic heterocycles. The number of aromatic carboxylic acids is 1. The van der Waals surface area contributed by atoms with Gasteiger partial charge in [0.1, 0.15) is 0 Å². The molecule has 0 heterocycles. The van der Waals surface area contributed by atoms with Crippen molar-refractivity contribution >= 4 is 17.7 Å². The van der Waals surface area contributed by atoms with E-state index in [4.69, 9.17) is 5.11 Å². The van der Waals surface area contributed by atoms with Crippen molar-refractivity contribution in [3.05, 3.63) is 29.8 Å². The Morgan fingerprint density at radius 2 is 2.25 bits per heavy atom. The van der Waals surface area contributed by atoms with Crippen molar-refractivity contribution in [3.63, 3.8) is 0 Å². The Balaban J connectivity index is 0.00000144. The van der Waals surface area contributed by atoms with Crippen LogP contribution in [0.15, 0.2) is 29.2 Å². The first kappa shape index (κ1) is 9.13. The normalized spacial score (nSPS) is 9.75. The zero-order valence-corrected chi connectivity index (χ0v) is 7.60. The van der Waals surface area contributed by atoms with E-state index in [0.29, 0.717) is 5.56 Å². The van der Waals surface area contributed by atoms with Gasteiger partial charge in [-0.1, -0.05) is 19.1 Å². The van der Waals surface area contributed by atoms with E-state index < -0.39 is 5.97 Å². The monoisotopic (exact) mass is 183 g/mol. The van der Waals surface area contributed by atoms with Crippen molar-refractivity contribution in [2.75, 3.05) is 5.75 Å². The molecule has 12 heavy (non-hydrogen) atoms. The molecule has 0 saturated carbocycles. The summed E-state index contributed by atoms with van der Waals surface area (Å²) in [7, 11) is 0. The molecular weight excluding hydrogens is 172 g/mol. The van der Waals surface area contributed by atoms with Gasteiger partial charge in [0.05, 0.1) is 5.56 Å². The summed E-state index contributed by atoms with van der Waals surface area (Å²) in [4.78, 5) is 11.5. The summed E-state index contributed by atoms with van der Waals surface area (Å²) >= 11 is 1.55. The van der Waals surface area contributed by atoms with Crippen molar-refractivity contribution in [3.8, 4) is 0 Å². The van der Waals surface area contributed by atoms with Crippen LogP contribution in [0.1, 0.15) is 18.7 Å². The third-order valence-electron chi connectivity index (χ3n) is 1.42. The SMILES string of the molecule is CCSc1ccccc1C(=O)O.[H+]. The van der Waals surface area contributed by atoms with Gasteiger partial charge in [-0.3, -0.25) is 0 Å². The number of benzene rings is 1. The Morgan fingerprint density at radius 1 is 1.58 bits per heavy atom. The highest BCUT2D eigenvalue weighted by Gasteiger charge is 2.07. The molecule has 0 amide bonds. The quantitative estimate of drug-likeness (QED) is 0.732. The van der Waals surface area contributed by atoms with Crippen LogP contribution in [-0.4, -0.2) is 16.8 Å². The van der Waals surface area contributed by atoms with Gasteiger partial charge in [0.2, 0.25) is 0 Å². The van der Waals surface area contributed by atoms with Crippen LogP contribution >= 0.6 is 11.8 Å². The second kappa shape index (κ2) is 4.16. The number of thioether (sulfide) groups is 1. The first-order valence-corrected chi connectivity index (χ1v) is 4.69. The van der Waals surface area contributed by atoms with Crippen molar-refractivity contribution in [2.24, 2.45) is 0 Å². The maximum atomic E-state index is 10.7. The first-order chi connectivity index (χ1) is 5.75. The minimum Gasteiger partial charge on any atom is -0.478 e. The molecule has 0 aliphatic rings. The van der Waals surface area contributed by atoms with E-state index in [9.17, 15) is 4.79 Å². The van der Waals surface area contributed by atoms with E-state index in [1.54, 1.807) is 23.9 Å². The molecular formula is C9H11O2S+. The lowest BCUT2D eigenvalue weighted by atomic mass is 10.2. The third-order valence-corrected chi connectivity index (χ3v) is 2.37. The van der Waals surface area contributed by atoms with E-state index in [-0.39, 0.29) is 1.43 Å². The molecule has 0 spiro atoms. The minimum absolute atomic E-state index is 0. The minimum atomic E-state index is -0.855. The van der Waals surface area contributed by atoms with Crippen LogP contribution in [0.3, 0.4) is 0 Å². The summed E-state index contributed by atoms with van der Waals surface area (Å²) < 4.78 is 0. The summed E-state index contributed by atoms with van der Waals surface area (Å²) in [6.45, 7) is 2.00. The molecule has 0 aromatic heterocycles. The van der Waals surface area contributed by atoms with Crippen LogP contribution in [0.2, 0.25) is 0 Å². The predicted octanol–water partition coefficient (Wildman–Crippen LogP) is 2.61. The molecule has 0 bridgehead atoms. The smallest absolute Gasteiger partial charge is 0.478 e. The topological polar surface area (TPSA) is 37.3 Å². The predicted molar refractivity (Wildman–Crippen MR) is 50.9 cm³/mol. The van der Waals surface area contributed by atoms with Crippen molar-refractivity contribution in [1.29, 1.82) is 0 Å². The van der Waals surface area contributed by atoms with E-state index in [2.05, 4.69) is 0 Å². The Hall–Kier alpha value is -0.960. The molecule has 0 radical (unpaired) electrons. The second-order valence-corrected chi connectivity index (χ2v) is 3.54. The lowest BCUT2D eigenvalue weighted by Gasteiger charge is -2.01. The lowest BCUT2D eigenvalue weighted by Crippen LogP contribution is -1.97. The average molecular weight is 183 g/mol. The van der Waals surface area contributed by atoms with Crippen LogP contribution in [-0.2, 0) is 0 Å². The number of carboxylic acid groups (broad SMARTS) is 1. The molecule has 0 atom stereocenters. The van der Waals surface area contributed by atoms with Gasteiger partial charge < -0.3 is 5.11 Å². The number of carbonyl (C=O) groups is 1. The van der Waals surface area contributed by atoms with Crippen LogP contribution < -0.4 is 0 Å². The Bertz CT molecular complexity index is 289. The summed E-state index contributed by atoms with van der Waals surface area (Å²) in [5, 5.41) is 8.78. The molecule has 0 saturated heterocycles. The number of rotatable bonds is 3. The standard InChI is InChI=1S/C9H10O2S/c1-2-12-8-6-4-3-5-7(8)9(10)11/h3-6H,2H2,1H3,(H,10,11)/p+1. The zero-order valence-electron chi connectivity index (χ0n) is 7.78. The Kier molecular flexibility index (Phi) is 3.17. The molecule has 2 nitrogen and oxygen atoms in total. The van der Waals surface area contributed by atoms with E-state index in [1.165, 1.54) is 0 Å². The van der Waals surface area contributed by atoms with Gasteiger partial charge in [-0.15, -0.1) is 11.8 Å². The number of hydrogen-bond acceptors (Lipinski definition) is 2. The molecule has 3 heteroatoms. The van der Waals surface area contributed by atoms with Crippen LogP contribution in [0.25, 0.3) is 0 Å². The number of carboxylic acids is 1. The lowest BCUT2D eigenvalue weighted by molar-refractivity contribution is 0.0693. The van der Waals surface area contributed by atoms with Gasteiger partial charge in [0, 0.05) is 4.90 Å². The van der Waals surface area contributed by atoms with Crippen molar-refractivity contribution in [1.82, 2.24) is 0 Å². The molecule has 1 aromatic carbocycles. The van der Waals surface area contributed by atoms with Crippen LogP contribution in [0.5, 0.6) is 0 Å². The number of hydrogen-bond donors (Lipinski definition) is 1. The van der Waals surface area contributed by atoms with Gasteiger partial charge in [0.15, 0.2) is 0 Å². The molecule has 0 fully saturated rings. The van der Waals surface area contributed by atoms with Crippen LogP contribution in [0, 0.1) is 0 Å². The van der Waals surface area contributed by atoms with Gasteiger partial charge in [-0.05, 0) is 17.9 Å². The summed E-state index contributed by atoms with van der Waals surface area (Å²) in [5.74, 6) is 0.0381. The zero-order chi connectivity index (χ0) is 8.97.